The van der Waals surface area contributed by atoms with Crippen LogP contribution in [0.2, 0.25) is 0 Å². The Morgan fingerprint density at radius 2 is 1.64 bits per heavy atom. The van der Waals surface area contributed by atoms with Crippen LogP contribution < -0.4 is 14.8 Å². The molecule has 1 saturated heterocycles. The van der Waals surface area contributed by atoms with Crippen LogP contribution in [0.25, 0.3) is 11.1 Å². The van der Waals surface area contributed by atoms with Gasteiger partial charge in [0.25, 0.3) is 0 Å². The zero-order valence-corrected chi connectivity index (χ0v) is 24.7. The van der Waals surface area contributed by atoms with E-state index >= 15 is 0 Å². The van der Waals surface area contributed by atoms with Crippen LogP contribution in [-0.4, -0.2) is 69.2 Å². The smallest absolute Gasteiger partial charge is 0.326 e. The van der Waals surface area contributed by atoms with Gasteiger partial charge in [0.05, 0.1) is 31.3 Å². The number of hydrogen-bond acceptors (Lipinski definition) is 7. The summed E-state index contributed by atoms with van der Waals surface area (Å²) in [5.41, 5.74) is 3.13. The molecule has 1 fully saturated rings. The van der Waals surface area contributed by atoms with Gasteiger partial charge in [0, 0.05) is 19.6 Å². The van der Waals surface area contributed by atoms with E-state index in [9.17, 15) is 23.1 Å². The molecular formula is C31H36N2O8S. The van der Waals surface area contributed by atoms with E-state index in [0.29, 0.717) is 43.1 Å². The number of carboxylic acids is 1. The van der Waals surface area contributed by atoms with Crippen LogP contribution in [0, 0.1) is 0 Å². The largest absolute Gasteiger partial charge is 0.496 e. The first-order valence-corrected chi connectivity index (χ1v) is 15.2. The molecular weight excluding hydrogens is 560 g/mol. The molecule has 11 heteroatoms. The van der Waals surface area contributed by atoms with E-state index < -0.39 is 34.0 Å². The highest BCUT2D eigenvalue weighted by molar-refractivity contribution is 7.89. The Hall–Kier alpha value is -3.93. The number of amides is 1. The summed E-state index contributed by atoms with van der Waals surface area (Å²) >= 11 is 0. The molecule has 1 heterocycles. The van der Waals surface area contributed by atoms with E-state index in [1.54, 1.807) is 44.6 Å². The van der Waals surface area contributed by atoms with Crippen molar-refractivity contribution in [2.24, 2.45) is 0 Å². The van der Waals surface area contributed by atoms with Crippen molar-refractivity contribution >= 4 is 21.9 Å². The van der Waals surface area contributed by atoms with E-state index in [0.717, 1.165) is 21.0 Å². The fraction of sp³-hybridized carbons (Fsp3) is 0.355. The summed E-state index contributed by atoms with van der Waals surface area (Å²) in [5, 5.41) is 12.5. The predicted molar refractivity (Wildman–Crippen MR) is 157 cm³/mol. The third-order valence-corrected chi connectivity index (χ3v) is 9.11. The highest BCUT2D eigenvalue weighted by Gasteiger charge is 2.40. The molecule has 0 spiro atoms. The first-order valence-electron chi connectivity index (χ1n) is 13.7. The molecule has 3 aromatic carbocycles. The van der Waals surface area contributed by atoms with Gasteiger partial charge in [0.15, 0.2) is 0 Å². The topological polar surface area (TPSA) is 131 Å². The lowest BCUT2D eigenvalue weighted by molar-refractivity contribution is -0.142. The summed E-state index contributed by atoms with van der Waals surface area (Å²) < 4.78 is 44.3. The second-order valence-electron chi connectivity index (χ2n) is 9.90. The summed E-state index contributed by atoms with van der Waals surface area (Å²) in [6, 6.07) is 16.7. The van der Waals surface area contributed by atoms with Gasteiger partial charge < -0.3 is 24.6 Å². The second kappa shape index (κ2) is 13.8. The molecule has 1 amide bonds. The molecule has 42 heavy (non-hydrogen) atoms. The van der Waals surface area contributed by atoms with Crippen molar-refractivity contribution in [1.82, 2.24) is 9.62 Å². The number of benzene rings is 3. The maximum Gasteiger partial charge on any atom is 0.326 e. The molecule has 2 N–H and O–H groups in total. The van der Waals surface area contributed by atoms with E-state index in [2.05, 4.69) is 5.32 Å². The SMILES string of the molecule is CCOCc1cc(OC)c(-c2ccc(CC(NC(=O)[C@@H]3CCCN3S(=O)(=O)c3ccccc3)C(=O)O)cc2)c(OC)c1. The van der Waals surface area contributed by atoms with Gasteiger partial charge in [-0.15, -0.1) is 0 Å². The van der Waals surface area contributed by atoms with Crippen molar-refractivity contribution in [3.8, 4) is 22.6 Å². The number of sulfonamides is 1. The average Bonchev–Trinajstić information content (AvgIpc) is 3.51. The molecule has 0 saturated carbocycles. The number of carbonyl (C=O) groups excluding carboxylic acids is 1. The highest BCUT2D eigenvalue weighted by atomic mass is 32.2. The fourth-order valence-electron chi connectivity index (χ4n) is 5.08. The maximum atomic E-state index is 13.2. The highest BCUT2D eigenvalue weighted by Crippen LogP contribution is 2.40. The molecule has 2 atom stereocenters. The Morgan fingerprint density at radius 3 is 2.21 bits per heavy atom. The van der Waals surface area contributed by atoms with E-state index in [4.69, 9.17) is 14.2 Å². The minimum absolute atomic E-state index is 0.0150. The number of hydrogen-bond donors (Lipinski definition) is 2. The number of ether oxygens (including phenoxy) is 3. The Labute approximate surface area is 246 Å². The van der Waals surface area contributed by atoms with Crippen LogP contribution in [-0.2, 0) is 37.4 Å². The van der Waals surface area contributed by atoms with E-state index in [-0.39, 0.29) is 17.9 Å². The number of aliphatic carboxylic acids is 1. The van der Waals surface area contributed by atoms with E-state index in [1.165, 1.54) is 12.1 Å². The Morgan fingerprint density at radius 1 is 1.00 bits per heavy atom. The van der Waals surface area contributed by atoms with Crippen LogP contribution in [0.3, 0.4) is 0 Å². The molecule has 1 aliphatic rings. The summed E-state index contributed by atoms with van der Waals surface area (Å²) in [7, 11) is -0.746. The van der Waals surface area contributed by atoms with Crippen molar-refractivity contribution in [3.63, 3.8) is 0 Å². The van der Waals surface area contributed by atoms with Crippen molar-refractivity contribution in [3.05, 3.63) is 77.9 Å². The van der Waals surface area contributed by atoms with Crippen LogP contribution in [0.5, 0.6) is 11.5 Å². The molecule has 224 valence electrons. The zero-order chi connectivity index (χ0) is 30.3. The number of rotatable bonds is 13. The lowest BCUT2D eigenvalue weighted by Crippen LogP contribution is -2.51. The van der Waals surface area contributed by atoms with Gasteiger partial charge in [-0.05, 0) is 60.7 Å². The van der Waals surface area contributed by atoms with Crippen molar-refractivity contribution in [2.45, 2.75) is 49.8 Å². The Kier molecular flexibility index (Phi) is 10.2. The molecule has 0 bridgehead atoms. The third-order valence-electron chi connectivity index (χ3n) is 7.19. The van der Waals surface area contributed by atoms with Crippen LogP contribution >= 0.6 is 0 Å². The lowest BCUT2D eigenvalue weighted by atomic mass is 9.98. The molecule has 1 aliphatic heterocycles. The minimum Gasteiger partial charge on any atom is -0.496 e. The normalized spacial score (nSPS) is 16.1. The molecule has 0 radical (unpaired) electrons. The van der Waals surface area contributed by atoms with Crippen LogP contribution in [0.1, 0.15) is 30.9 Å². The number of nitrogens with zero attached hydrogens (tertiary/aromatic N) is 1. The summed E-state index contributed by atoms with van der Waals surface area (Å²) in [6.45, 7) is 3.11. The van der Waals surface area contributed by atoms with Gasteiger partial charge in [-0.3, -0.25) is 4.79 Å². The zero-order valence-electron chi connectivity index (χ0n) is 23.9. The number of carboxylic acid groups (broad SMARTS) is 1. The first kappa shape index (κ1) is 31.0. The predicted octanol–water partition coefficient (Wildman–Crippen LogP) is 3.87. The van der Waals surface area contributed by atoms with Crippen molar-refractivity contribution in [2.75, 3.05) is 27.4 Å². The number of methoxy groups -OCH3 is 2. The number of carbonyl (C=O) groups is 2. The summed E-state index contributed by atoms with van der Waals surface area (Å²) in [6.07, 6.45) is 0.829. The molecule has 0 aromatic heterocycles. The monoisotopic (exact) mass is 596 g/mol. The Balaban J connectivity index is 1.50. The van der Waals surface area contributed by atoms with Gasteiger partial charge in [0.1, 0.15) is 23.6 Å². The standard InChI is InChI=1S/C31H36N2O8S/c1-4-41-20-22-18-27(39-2)29(28(19-22)40-3)23-14-12-21(13-15-23)17-25(31(35)36)32-30(34)26-11-8-16-33(26)42(37,38)24-9-6-5-7-10-24/h5-7,9-10,12-15,18-19,25-26H,4,8,11,16-17,20H2,1-3H3,(H,32,34)(H,35,36)/t25?,26-/m0/s1. The second-order valence-corrected chi connectivity index (χ2v) is 11.8. The molecule has 4 rings (SSSR count). The molecule has 3 aromatic rings. The van der Waals surface area contributed by atoms with E-state index in [1.807, 2.05) is 31.2 Å². The average molecular weight is 597 g/mol. The maximum absolute atomic E-state index is 13.2. The number of nitrogens with one attached hydrogen (secondary N) is 1. The third kappa shape index (κ3) is 6.92. The summed E-state index contributed by atoms with van der Waals surface area (Å²) in [5.74, 6) is -0.619. The molecule has 0 aliphatic carbocycles. The first-order chi connectivity index (χ1) is 20.2. The van der Waals surface area contributed by atoms with Gasteiger partial charge >= 0.3 is 5.97 Å². The quantitative estimate of drug-likeness (QED) is 0.304. The molecule has 1 unspecified atom stereocenters. The molecule has 10 nitrogen and oxygen atoms in total. The minimum atomic E-state index is -3.90. The summed E-state index contributed by atoms with van der Waals surface area (Å²) in [4.78, 5) is 25.4. The Bertz CT molecular complexity index is 1470. The van der Waals surface area contributed by atoms with Crippen molar-refractivity contribution < 1.29 is 37.3 Å². The van der Waals surface area contributed by atoms with Crippen LogP contribution in [0.4, 0.5) is 0 Å². The van der Waals surface area contributed by atoms with Crippen LogP contribution in [0.15, 0.2) is 71.6 Å². The lowest BCUT2D eigenvalue weighted by Gasteiger charge is -2.25. The van der Waals surface area contributed by atoms with Gasteiger partial charge in [-0.2, -0.15) is 4.31 Å². The van der Waals surface area contributed by atoms with Gasteiger partial charge in [-0.25, -0.2) is 13.2 Å². The van der Waals surface area contributed by atoms with Gasteiger partial charge in [-0.1, -0.05) is 42.5 Å². The van der Waals surface area contributed by atoms with Gasteiger partial charge in [0.2, 0.25) is 15.9 Å². The van der Waals surface area contributed by atoms with Crippen molar-refractivity contribution in [1.29, 1.82) is 0 Å². The fourth-order valence-corrected chi connectivity index (χ4v) is 6.76.